The molecule has 1 aromatic rings. The Morgan fingerprint density at radius 2 is 1.94 bits per heavy atom. The van der Waals surface area contributed by atoms with Crippen molar-refractivity contribution in [3.05, 3.63) is 0 Å². The van der Waals surface area contributed by atoms with Gasteiger partial charge in [0.1, 0.15) is 0 Å². The quantitative estimate of drug-likeness (QED) is 0.568. The van der Waals surface area contributed by atoms with E-state index < -0.39 is 0 Å². The molecule has 0 aliphatic carbocycles. The first-order valence-electron chi connectivity index (χ1n) is 6.05. The molecule has 0 amide bonds. The normalized spacial score (nSPS) is 10.4. The maximum Gasteiger partial charge on any atom is 0.231 e. The average molecular weight is 271 g/mol. The van der Waals surface area contributed by atoms with E-state index in [9.17, 15) is 0 Å². The number of rotatable bonds is 8. The van der Waals surface area contributed by atoms with Gasteiger partial charge in [-0.05, 0) is 13.8 Å². The molecule has 6 nitrogen and oxygen atoms in total. The monoisotopic (exact) mass is 271 g/mol. The van der Waals surface area contributed by atoms with Crippen LogP contribution in [0.25, 0.3) is 0 Å². The van der Waals surface area contributed by atoms with E-state index in [1.807, 2.05) is 7.05 Å². The van der Waals surface area contributed by atoms with Crippen LogP contribution in [0.3, 0.4) is 0 Å². The molecule has 0 spiro atoms. The van der Waals surface area contributed by atoms with Crippen molar-refractivity contribution in [2.24, 2.45) is 0 Å². The fourth-order valence-electron chi connectivity index (χ4n) is 1.39. The molecular weight excluding hydrogens is 250 g/mol. The van der Waals surface area contributed by atoms with E-state index >= 15 is 0 Å². The molecule has 0 saturated heterocycles. The summed E-state index contributed by atoms with van der Waals surface area (Å²) >= 11 is 1.57. The summed E-state index contributed by atoms with van der Waals surface area (Å²) in [5.74, 6) is 2.16. The fraction of sp³-hybridized carbons (Fsp3) is 0.727. The molecular formula is C11H21N5OS. The molecule has 1 N–H and O–H groups in total. The zero-order valence-corrected chi connectivity index (χ0v) is 12.3. The summed E-state index contributed by atoms with van der Waals surface area (Å²) in [6.45, 7) is 6.62. The van der Waals surface area contributed by atoms with Crippen molar-refractivity contribution in [1.82, 2.24) is 15.0 Å². The van der Waals surface area contributed by atoms with Gasteiger partial charge in [-0.2, -0.15) is 15.0 Å². The highest BCUT2D eigenvalue weighted by Crippen LogP contribution is 2.18. The largest absolute Gasteiger partial charge is 0.384 e. The van der Waals surface area contributed by atoms with Gasteiger partial charge in [0.25, 0.3) is 0 Å². The van der Waals surface area contributed by atoms with Crippen LogP contribution in [0.1, 0.15) is 13.8 Å². The van der Waals surface area contributed by atoms with E-state index in [0.717, 1.165) is 29.9 Å². The van der Waals surface area contributed by atoms with E-state index in [1.165, 1.54) is 0 Å². The van der Waals surface area contributed by atoms with E-state index in [1.54, 1.807) is 18.9 Å². The van der Waals surface area contributed by atoms with Gasteiger partial charge in [-0.3, -0.25) is 0 Å². The lowest BCUT2D eigenvalue weighted by Crippen LogP contribution is -2.25. The molecule has 0 aromatic carbocycles. The summed E-state index contributed by atoms with van der Waals surface area (Å²) in [5.41, 5.74) is 0. The van der Waals surface area contributed by atoms with Gasteiger partial charge in [-0.15, -0.1) is 0 Å². The summed E-state index contributed by atoms with van der Waals surface area (Å²) < 4.78 is 5.02. The predicted octanol–water partition coefficient (Wildman–Crippen LogP) is 1.50. The van der Waals surface area contributed by atoms with Crippen molar-refractivity contribution in [2.45, 2.75) is 19.0 Å². The molecule has 0 atom stereocenters. The van der Waals surface area contributed by atoms with Crippen molar-refractivity contribution in [1.29, 1.82) is 0 Å². The van der Waals surface area contributed by atoms with Crippen LogP contribution in [0, 0.1) is 0 Å². The maximum atomic E-state index is 5.02. The van der Waals surface area contributed by atoms with Crippen LogP contribution in [0.5, 0.6) is 0 Å². The molecule has 0 radical (unpaired) electrons. The van der Waals surface area contributed by atoms with Crippen molar-refractivity contribution in [3.63, 3.8) is 0 Å². The highest BCUT2D eigenvalue weighted by molar-refractivity contribution is 7.99. The molecule has 7 heteroatoms. The lowest BCUT2D eigenvalue weighted by Gasteiger charge is -2.19. The average Bonchev–Trinajstić information content (AvgIpc) is 2.40. The number of anilines is 2. The number of thioether (sulfide) groups is 1. The fourth-order valence-corrected chi connectivity index (χ4v) is 2.12. The maximum absolute atomic E-state index is 5.02. The summed E-state index contributed by atoms with van der Waals surface area (Å²) in [5, 5.41) is 3.70. The minimum absolute atomic E-state index is 0.604. The number of methoxy groups -OCH3 is 1. The number of hydrogen-bond acceptors (Lipinski definition) is 7. The number of nitrogens with one attached hydrogen (secondary N) is 1. The van der Waals surface area contributed by atoms with Gasteiger partial charge < -0.3 is 15.0 Å². The number of ether oxygens (including phenoxy) is 1. The standard InChI is InChI=1S/C11H21N5OS/c1-5-16(6-2)10-13-9(12-3)14-11(15-10)18-8-7-17-4/h5-8H2,1-4H3,(H,12,13,14,15). The second kappa shape index (κ2) is 8.10. The lowest BCUT2D eigenvalue weighted by atomic mass is 10.5. The Morgan fingerprint density at radius 3 is 2.50 bits per heavy atom. The molecule has 0 unspecified atom stereocenters. The van der Waals surface area contributed by atoms with E-state index in [0.29, 0.717) is 12.6 Å². The Hall–Kier alpha value is -1.08. The topological polar surface area (TPSA) is 63.2 Å². The van der Waals surface area contributed by atoms with Crippen LogP contribution in [-0.4, -0.2) is 54.6 Å². The van der Waals surface area contributed by atoms with Crippen LogP contribution in [0.4, 0.5) is 11.9 Å². The van der Waals surface area contributed by atoms with Gasteiger partial charge in [-0.1, -0.05) is 11.8 Å². The van der Waals surface area contributed by atoms with Crippen molar-refractivity contribution < 1.29 is 4.74 Å². The smallest absolute Gasteiger partial charge is 0.231 e. The second-order valence-electron chi connectivity index (χ2n) is 3.51. The van der Waals surface area contributed by atoms with Gasteiger partial charge in [0.05, 0.1) is 6.61 Å². The van der Waals surface area contributed by atoms with E-state index in [-0.39, 0.29) is 0 Å². The SMILES string of the molecule is CCN(CC)c1nc(NC)nc(SCCOC)n1. The van der Waals surface area contributed by atoms with Crippen molar-refractivity contribution >= 4 is 23.7 Å². The Bertz CT molecular complexity index is 359. The van der Waals surface area contributed by atoms with Gasteiger partial charge >= 0.3 is 0 Å². The molecule has 0 bridgehead atoms. The van der Waals surface area contributed by atoms with Gasteiger partial charge in [-0.25, -0.2) is 0 Å². The summed E-state index contributed by atoms with van der Waals surface area (Å²) in [6, 6.07) is 0. The first kappa shape index (κ1) is 15.0. The second-order valence-corrected chi connectivity index (χ2v) is 4.57. The molecule has 1 rings (SSSR count). The van der Waals surface area contributed by atoms with Crippen molar-refractivity contribution in [2.75, 3.05) is 49.8 Å². The molecule has 18 heavy (non-hydrogen) atoms. The highest BCUT2D eigenvalue weighted by atomic mass is 32.2. The summed E-state index contributed by atoms with van der Waals surface area (Å²) in [4.78, 5) is 15.3. The third-order valence-corrected chi connectivity index (χ3v) is 3.20. The molecule has 0 aliphatic rings. The van der Waals surface area contributed by atoms with Crippen LogP contribution < -0.4 is 10.2 Å². The number of aromatic nitrogens is 3. The summed E-state index contributed by atoms with van der Waals surface area (Å²) in [6.07, 6.45) is 0. The first-order chi connectivity index (χ1) is 8.74. The third kappa shape index (κ3) is 4.30. The lowest BCUT2D eigenvalue weighted by molar-refractivity contribution is 0.218. The Kier molecular flexibility index (Phi) is 6.74. The van der Waals surface area contributed by atoms with Crippen LogP contribution in [-0.2, 0) is 4.74 Å². The Labute approximate surface area is 113 Å². The van der Waals surface area contributed by atoms with Gasteiger partial charge in [0.2, 0.25) is 11.9 Å². The van der Waals surface area contributed by atoms with Crippen LogP contribution in [0.15, 0.2) is 5.16 Å². The van der Waals surface area contributed by atoms with Gasteiger partial charge in [0, 0.05) is 33.0 Å². The third-order valence-electron chi connectivity index (χ3n) is 2.39. The Morgan fingerprint density at radius 1 is 1.22 bits per heavy atom. The molecule has 1 heterocycles. The molecule has 0 aliphatic heterocycles. The highest BCUT2D eigenvalue weighted by Gasteiger charge is 2.10. The van der Waals surface area contributed by atoms with Gasteiger partial charge in [0.15, 0.2) is 5.16 Å². The number of hydrogen-bond donors (Lipinski definition) is 1. The van der Waals surface area contributed by atoms with E-state index in [2.05, 4.69) is 39.0 Å². The predicted molar refractivity (Wildman–Crippen MR) is 75.5 cm³/mol. The van der Waals surface area contributed by atoms with Crippen molar-refractivity contribution in [3.8, 4) is 0 Å². The molecule has 1 aromatic heterocycles. The number of nitrogens with zero attached hydrogens (tertiary/aromatic N) is 4. The molecule has 0 saturated carbocycles. The first-order valence-corrected chi connectivity index (χ1v) is 7.04. The zero-order chi connectivity index (χ0) is 13.4. The molecule has 102 valence electrons. The molecule has 0 fully saturated rings. The van der Waals surface area contributed by atoms with E-state index in [4.69, 9.17) is 4.74 Å². The summed E-state index contributed by atoms with van der Waals surface area (Å²) in [7, 11) is 3.50. The van der Waals surface area contributed by atoms with Crippen LogP contribution >= 0.6 is 11.8 Å². The zero-order valence-electron chi connectivity index (χ0n) is 11.4. The minimum Gasteiger partial charge on any atom is -0.384 e. The van der Waals surface area contributed by atoms with Crippen LogP contribution in [0.2, 0.25) is 0 Å². The Balaban J connectivity index is 2.86. The minimum atomic E-state index is 0.604.